The zero-order chi connectivity index (χ0) is 19.2. The topological polar surface area (TPSA) is 102 Å². The molecule has 1 saturated carbocycles. The van der Waals surface area contributed by atoms with Crippen molar-refractivity contribution >= 4 is 35.3 Å². The molecule has 3 rings (SSSR count). The lowest BCUT2D eigenvalue weighted by atomic mass is 9.86. The Hall–Kier alpha value is -2.13. The summed E-state index contributed by atoms with van der Waals surface area (Å²) in [6, 6.07) is 6.70. The summed E-state index contributed by atoms with van der Waals surface area (Å²) in [7, 11) is 0. The number of aromatic nitrogens is 4. The van der Waals surface area contributed by atoms with E-state index in [-0.39, 0.29) is 11.8 Å². The molecule has 2 N–H and O–H groups in total. The van der Waals surface area contributed by atoms with Crippen LogP contribution in [-0.2, 0) is 4.79 Å². The lowest BCUT2D eigenvalue weighted by molar-refractivity contribution is -0.117. The highest BCUT2D eigenvalue weighted by Crippen LogP contribution is 2.23. The molecule has 10 heteroatoms. The first kappa shape index (κ1) is 19.6. The molecule has 2 atom stereocenters. The minimum Gasteiger partial charge on any atom is -0.335 e. The number of benzene rings is 1. The third-order valence-electron chi connectivity index (χ3n) is 4.53. The first-order chi connectivity index (χ1) is 13.0. The van der Waals surface area contributed by atoms with Gasteiger partial charge in [-0.25, -0.2) is 4.79 Å². The van der Waals surface area contributed by atoms with Gasteiger partial charge in [-0.15, -0.1) is 5.10 Å². The molecule has 3 amide bonds. The Balaban J connectivity index is 1.50. The molecule has 0 spiro atoms. The van der Waals surface area contributed by atoms with Gasteiger partial charge in [0.1, 0.15) is 0 Å². The highest BCUT2D eigenvalue weighted by atomic mass is 35.5. The first-order valence-corrected chi connectivity index (χ1v) is 10.2. The number of imide groups is 1. The van der Waals surface area contributed by atoms with Crippen LogP contribution < -0.4 is 10.6 Å². The van der Waals surface area contributed by atoms with Gasteiger partial charge in [0, 0.05) is 11.1 Å². The van der Waals surface area contributed by atoms with Crippen LogP contribution in [0.3, 0.4) is 0 Å². The van der Waals surface area contributed by atoms with E-state index in [1.54, 1.807) is 24.3 Å². The van der Waals surface area contributed by atoms with Gasteiger partial charge < -0.3 is 5.32 Å². The maximum atomic E-state index is 12.1. The van der Waals surface area contributed by atoms with Crippen molar-refractivity contribution in [2.45, 2.75) is 43.8 Å². The fraction of sp³-hybridized carbons (Fsp3) is 0.471. The number of nitrogens with one attached hydrogen (secondary N) is 2. The van der Waals surface area contributed by atoms with Crippen LogP contribution in [0.4, 0.5) is 4.79 Å². The van der Waals surface area contributed by atoms with E-state index in [0.29, 0.717) is 16.1 Å². The number of hydrogen-bond donors (Lipinski definition) is 2. The number of urea groups is 1. The van der Waals surface area contributed by atoms with Crippen LogP contribution in [0.1, 0.15) is 32.6 Å². The van der Waals surface area contributed by atoms with Gasteiger partial charge in [-0.2, -0.15) is 4.68 Å². The molecule has 2 aromatic rings. The van der Waals surface area contributed by atoms with Crippen LogP contribution in [0.25, 0.3) is 5.69 Å². The smallest absolute Gasteiger partial charge is 0.321 e. The van der Waals surface area contributed by atoms with E-state index in [1.165, 1.54) is 11.1 Å². The molecule has 0 radical (unpaired) electrons. The van der Waals surface area contributed by atoms with E-state index < -0.39 is 11.9 Å². The Morgan fingerprint density at radius 2 is 2.00 bits per heavy atom. The molecule has 1 aliphatic carbocycles. The Kier molecular flexibility index (Phi) is 6.68. The molecule has 0 aliphatic heterocycles. The maximum Gasteiger partial charge on any atom is 0.321 e. The molecule has 1 aromatic heterocycles. The average Bonchev–Trinajstić information content (AvgIpc) is 3.11. The van der Waals surface area contributed by atoms with Crippen molar-refractivity contribution in [3.63, 3.8) is 0 Å². The second kappa shape index (κ2) is 9.18. The third kappa shape index (κ3) is 5.43. The zero-order valence-electron chi connectivity index (χ0n) is 14.9. The highest BCUT2D eigenvalue weighted by Gasteiger charge is 2.23. The van der Waals surface area contributed by atoms with Gasteiger partial charge in [-0.05, 0) is 53.5 Å². The standard InChI is InChI=1S/C17H21ClN6O2S/c1-11-4-2-3-5-14(11)19-16(26)20-15(25)10-27-17-21-22-23-24(17)13-8-6-12(18)7-9-13/h6-9,11,14H,2-5,10H2,1H3,(H2,19,20,25,26)/t11-,14+/m1/s1. The fourth-order valence-electron chi connectivity index (χ4n) is 3.04. The van der Waals surface area contributed by atoms with Crippen LogP contribution >= 0.6 is 23.4 Å². The largest absolute Gasteiger partial charge is 0.335 e. The summed E-state index contributed by atoms with van der Waals surface area (Å²) in [5, 5.41) is 17.8. The normalized spacial score (nSPS) is 19.5. The molecule has 1 aromatic carbocycles. The molecular weight excluding hydrogens is 388 g/mol. The van der Waals surface area contributed by atoms with Gasteiger partial charge in [-0.1, -0.05) is 43.1 Å². The summed E-state index contributed by atoms with van der Waals surface area (Å²) >= 11 is 7.04. The van der Waals surface area contributed by atoms with E-state index in [4.69, 9.17) is 11.6 Å². The number of carbonyl (C=O) groups excluding carboxylic acids is 2. The minimum atomic E-state index is -0.448. The summed E-state index contributed by atoms with van der Waals surface area (Å²) in [5.41, 5.74) is 0.733. The quantitative estimate of drug-likeness (QED) is 0.737. The van der Waals surface area contributed by atoms with Gasteiger partial charge >= 0.3 is 6.03 Å². The van der Waals surface area contributed by atoms with E-state index in [0.717, 1.165) is 36.7 Å². The average molecular weight is 409 g/mol. The summed E-state index contributed by atoms with van der Waals surface area (Å²) < 4.78 is 1.51. The van der Waals surface area contributed by atoms with Gasteiger partial charge in [0.15, 0.2) is 0 Å². The van der Waals surface area contributed by atoms with Crippen molar-refractivity contribution in [2.24, 2.45) is 5.92 Å². The van der Waals surface area contributed by atoms with Crippen molar-refractivity contribution in [3.8, 4) is 5.69 Å². The predicted octanol–water partition coefficient (Wildman–Crippen LogP) is 2.81. The SMILES string of the molecule is C[C@@H]1CCCC[C@@H]1NC(=O)NC(=O)CSc1nnnn1-c1ccc(Cl)cc1. The van der Waals surface area contributed by atoms with Crippen LogP contribution in [0.5, 0.6) is 0 Å². The van der Waals surface area contributed by atoms with Crippen LogP contribution in [0.15, 0.2) is 29.4 Å². The Labute approximate surface area is 166 Å². The number of tetrazole rings is 1. The van der Waals surface area contributed by atoms with Crippen molar-refractivity contribution in [1.29, 1.82) is 0 Å². The summed E-state index contributed by atoms with van der Waals surface area (Å²) in [5.74, 6) is 0.0614. The number of halogens is 1. The van der Waals surface area contributed by atoms with E-state index in [1.807, 2.05) is 0 Å². The van der Waals surface area contributed by atoms with Crippen LogP contribution in [0.2, 0.25) is 5.02 Å². The number of carbonyl (C=O) groups is 2. The molecule has 0 saturated heterocycles. The second-order valence-corrected chi connectivity index (χ2v) is 7.91. The van der Waals surface area contributed by atoms with Crippen LogP contribution in [-0.4, -0.2) is 43.9 Å². The molecule has 0 bridgehead atoms. The number of amides is 3. The maximum absolute atomic E-state index is 12.1. The molecule has 0 unspecified atom stereocenters. The number of thioether (sulfide) groups is 1. The molecule has 8 nitrogen and oxygen atoms in total. The number of rotatable bonds is 5. The van der Waals surface area contributed by atoms with Gasteiger partial charge in [0.25, 0.3) is 0 Å². The molecule has 1 heterocycles. The number of hydrogen-bond acceptors (Lipinski definition) is 6. The summed E-state index contributed by atoms with van der Waals surface area (Å²) in [6.45, 7) is 2.12. The molecule has 1 fully saturated rings. The highest BCUT2D eigenvalue weighted by molar-refractivity contribution is 7.99. The van der Waals surface area contributed by atoms with Crippen molar-refractivity contribution < 1.29 is 9.59 Å². The second-order valence-electron chi connectivity index (χ2n) is 6.53. The molecule has 27 heavy (non-hydrogen) atoms. The van der Waals surface area contributed by atoms with Crippen molar-refractivity contribution in [2.75, 3.05) is 5.75 Å². The van der Waals surface area contributed by atoms with Gasteiger partial charge in [0.2, 0.25) is 11.1 Å². The summed E-state index contributed by atoms with van der Waals surface area (Å²) in [6.07, 6.45) is 4.35. The third-order valence-corrected chi connectivity index (χ3v) is 5.70. The number of nitrogens with zero attached hydrogens (tertiary/aromatic N) is 4. The fourth-order valence-corrected chi connectivity index (χ4v) is 3.86. The predicted molar refractivity (Wildman–Crippen MR) is 103 cm³/mol. The lowest BCUT2D eigenvalue weighted by Gasteiger charge is -2.29. The van der Waals surface area contributed by atoms with E-state index >= 15 is 0 Å². The van der Waals surface area contributed by atoms with E-state index in [2.05, 4.69) is 33.1 Å². The zero-order valence-corrected chi connectivity index (χ0v) is 16.5. The Morgan fingerprint density at radius 1 is 1.26 bits per heavy atom. The Morgan fingerprint density at radius 3 is 2.74 bits per heavy atom. The molecule has 1 aliphatic rings. The Bertz CT molecular complexity index is 797. The van der Waals surface area contributed by atoms with Gasteiger partial charge in [-0.3, -0.25) is 10.1 Å². The monoisotopic (exact) mass is 408 g/mol. The lowest BCUT2D eigenvalue weighted by Crippen LogP contribution is -2.48. The summed E-state index contributed by atoms with van der Waals surface area (Å²) in [4.78, 5) is 24.1. The van der Waals surface area contributed by atoms with Crippen molar-refractivity contribution in [1.82, 2.24) is 30.8 Å². The minimum absolute atomic E-state index is 0.0294. The van der Waals surface area contributed by atoms with Crippen molar-refractivity contribution in [3.05, 3.63) is 29.3 Å². The van der Waals surface area contributed by atoms with Gasteiger partial charge in [0.05, 0.1) is 11.4 Å². The molecule has 144 valence electrons. The van der Waals surface area contributed by atoms with E-state index in [9.17, 15) is 9.59 Å². The first-order valence-electron chi connectivity index (χ1n) is 8.80. The molecular formula is C17H21ClN6O2S. The van der Waals surface area contributed by atoms with Crippen LogP contribution in [0, 0.1) is 5.92 Å².